The number of thioether (sulfide) groups is 1. The van der Waals surface area contributed by atoms with E-state index in [0.717, 1.165) is 16.8 Å². The Morgan fingerprint density at radius 3 is 2.62 bits per heavy atom. The summed E-state index contributed by atoms with van der Waals surface area (Å²) in [5.41, 5.74) is 2.39. The van der Waals surface area contributed by atoms with E-state index >= 15 is 0 Å². The molecule has 2 atom stereocenters. The molecule has 0 saturated heterocycles. The quantitative estimate of drug-likeness (QED) is 0.547. The van der Waals surface area contributed by atoms with Crippen LogP contribution < -0.4 is 14.4 Å². The van der Waals surface area contributed by atoms with Gasteiger partial charge in [-0.1, -0.05) is 37.6 Å². The molecular weight excluding hydrogens is 450 g/mol. The van der Waals surface area contributed by atoms with E-state index in [1.807, 2.05) is 51.1 Å². The molecule has 0 bridgehead atoms. The lowest BCUT2D eigenvalue weighted by atomic mass is 9.99. The van der Waals surface area contributed by atoms with Crippen LogP contribution in [0.15, 0.2) is 36.4 Å². The summed E-state index contributed by atoms with van der Waals surface area (Å²) in [4.78, 5) is 26.9. The maximum Gasteiger partial charge on any atom is 0.305 e. The normalized spacial score (nSPS) is 18.3. The van der Waals surface area contributed by atoms with E-state index in [1.54, 1.807) is 18.1 Å². The second-order valence-corrected chi connectivity index (χ2v) is 9.71. The van der Waals surface area contributed by atoms with Crippen LogP contribution in [0.25, 0.3) is 0 Å². The molecule has 0 aromatic heterocycles. The van der Waals surface area contributed by atoms with Gasteiger partial charge in [-0.3, -0.25) is 9.59 Å². The van der Waals surface area contributed by atoms with Crippen molar-refractivity contribution in [2.45, 2.75) is 37.7 Å². The van der Waals surface area contributed by atoms with Crippen LogP contribution in [-0.4, -0.2) is 42.5 Å². The molecule has 0 spiro atoms. The zero-order valence-corrected chi connectivity index (χ0v) is 20.2. The number of fused-ring (bicyclic) bond motifs is 1. The number of carboxylic acid groups (broad SMARTS) is 1. The van der Waals surface area contributed by atoms with E-state index < -0.39 is 11.2 Å². The molecule has 0 unspecified atom stereocenters. The first-order valence-corrected chi connectivity index (χ1v) is 11.9. The Labute approximate surface area is 197 Å². The van der Waals surface area contributed by atoms with Crippen molar-refractivity contribution in [3.05, 3.63) is 52.5 Å². The van der Waals surface area contributed by atoms with E-state index in [0.29, 0.717) is 29.7 Å². The average molecular weight is 478 g/mol. The first-order valence-electron chi connectivity index (χ1n) is 10.5. The van der Waals surface area contributed by atoms with Gasteiger partial charge in [-0.15, -0.1) is 11.8 Å². The number of carbonyl (C=O) groups is 2. The van der Waals surface area contributed by atoms with Gasteiger partial charge in [0.1, 0.15) is 0 Å². The van der Waals surface area contributed by atoms with Gasteiger partial charge in [-0.05, 0) is 42.7 Å². The number of rotatable bonds is 8. The maximum absolute atomic E-state index is 13.5. The molecule has 0 aliphatic carbocycles. The highest BCUT2D eigenvalue weighted by atomic mass is 35.5. The Kier molecular flexibility index (Phi) is 7.96. The van der Waals surface area contributed by atoms with Crippen molar-refractivity contribution < 1.29 is 24.2 Å². The molecule has 0 fully saturated rings. The third kappa shape index (κ3) is 5.15. The number of hydrogen-bond acceptors (Lipinski definition) is 5. The Hall–Kier alpha value is -2.38. The summed E-state index contributed by atoms with van der Waals surface area (Å²) in [5, 5.41) is 8.94. The van der Waals surface area contributed by atoms with E-state index in [1.165, 1.54) is 11.8 Å². The van der Waals surface area contributed by atoms with Crippen molar-refractivity contribution in [1.29, 1.82) is 0 Å². The van der Waals surface area contributed by atoms with Gasteiger partial charge < -0.3 is 19.5 Å². The third-order valence-electron chi connectivity index (χ3n) is 5.11. The van der Waals surface area contributed by atoms with Crippen LogP contribution in [0.1, 0.15) is 43.6 Å². The molecule has 3 rings (SSSR count). The number of ether oxygens (including phenoxy) is 2. The first kappa shape index (κ1) is 24.3. The zero-order valence-electron chi connectivity index (χ0n) is 18.6. The fourth-order valence-corrected chi connectivity index (χ4v) is 5.54. The van der Waals surface area contributed by atoms with Crippen LogP contribution in [0.3, 0.4) is 0 Å². The minimum absolute atomic E-state index is 0.199. The summed E-state index contributed by atoms with van der Waals surface area (Å²) in [6.45, 7) is 6.90. The number of methoxy groups -OCH3 is 1. The number of hydrogen-bond donors (Lipinski definition) is 1. The second-order valence-electron chi connectivity index (χ2n) is 7.96. The van der Waals surface area contributed by atoms with E-state index in [9.17, 15) is 14.7 Å². The first-order chi connectivity index (χ1) is 15.3. The molecule has 1 heterocycles. The number of para-hydroxylation sites is 1. The largest absolute Gasteiger partial charge is 0.493 e. The average Bonchev–Trinajstić information content (AvgIpc) is 2.83. The van der Waals surface area contributed by atoms with Crippen molar-refractivity contribution >= 4 is 40.9 Å². The van der Waals surface area contributed by atoms with E-state index in [2.05, 4.69) is 0 Å². The highest BCUT2D eigenvalue weighted by Gasteiger charge is 2.39. The molecule has 8 heteroatoms. The topological polar surface area (TPSA) is 76.1 Å². The van der Waals surface area contributed by atoms with Gasteiger partial charge in [-0.25, -0.2) is 0 Å². The van der Waals surface area contributed by atoms with Crippen molar-refractivity contribution in [3.63, 3.8) is 0 Å². The van der Waals surface area contributed by atoms with Crippen LogP contribution in [0.2, 0.25) is 5.02 Å². The fraction of sp³-hybridized carbons (Fsp3) is 0.417. The number of halogens is 1. The lowest BCUT2D eigenvalue weighted by Gasteiger charge is -2.27. The summed E-state index contributed by atoms with van der Waals surface area (Å²) in [6.07, 6.45) is -0.274. The highest BCUT2D eigenvalue weighted by Crippen LogP contribution is 2.51. The lowest BCUT2D eigenvalue weighted by molar-refractivity contribution is -0.138. The highest BCUT2D eigenvalue weighted by molar-refractivity contribution is 8.01. The summed E-state index contributed by atoms with van der Waals surface area (Å²) in [6, 6.07) is 11.1. The Morgan fingerprint density at radius 1 is 1.25 bits per heavy atom. The lowest BCUT2D eigenvalue weighted by Crippen LogP contribution is -2.40. The standard InChI is InChI=1S/C24H28ClNO5S/c1-5-31-19-8-6-7-16(22(19)30-4)23-17-11-15(25)9-10-18(17)26(13-14(2)3)24(29)20(32-23)12-21(27)28/h6-11,14,20,23H,5,12-13H2,1-4H3,(H,27,28)/t20-,23-/m1/s1. The van der Waals surface area contributed by atoms with Gasteiger partial charge in [0.05, 0.1) is 30.6 Å². The molecule has 0 saturated carbocycles. The maximum atomic E-state index is 13.5. The van der Waals surface area contributed by atoms with Crippen molar-refractivity contribution in [3.8, 4) is 11.5 Å². The van der Waals surface area contributed by atoms with Gasteiger partial charge in [-0.2, -0.15) is 0 Å². The van der Waals surface area contributed by atoms with Crippen molar-refractivity contribution in [2.75, 3.05) is 25.2 Å². The molecule has 1 amide bonds. The molecular formula is C24H28ClNO5S. The van der Waals surface area contributed by atoms with Gasteiger partial charge in [0.25, 0.3) is 0 Å². The molecule has 2 aromatic rings. The van der Waals surface area contributed by atoms with Crippen molar-refractivity contribution in [2.24, 2.45) is 5.92 Å². The van der Waals surface area contributed by atoms with Crippen LogP contribution in [0.4, 0.5) is 5.69 Å². The number of anilines is 1. The van der Waals surface area contributed by atoms with Crippen molar-refractivity contribution in [1.82, 2.24) is 0 Å². The van der Waals surface area contributed by atoms with Crippen LogP contribution >= 0.6 is 23.4 Å². The number of benzene rings is 2. The molecule has 1 aliphatic heterocycles. The monoisotopic (exact) mass is 477 g/mol. The predicted octanol–water partition coefficient (Wildman–Crippen LogP) is 5.42. The summed E-state index contributed by atoms with van der Waals surface area (Å²) in [5.74, 6) is 0.137. The molecule has 6 nitrogen and oxygen atoms in total. The molecule has 1 N–H and O–H groups in total. The molecule has 32 heavy (non-hydrogen) atoms. The number of amides is 1. The minimum Gasteiger partial charge on any atom is -0.493 e. The zero-order chi connectivity index (χ0) is 23.4. The molecule has 0 radical (unpaired) electrons. The smallest absolute Gasteiger partial charge is 0.305 e. The Bertz CT molecular complexity index is 996. The number of carbonyl (C=O) groups excluding carboxylic acids is 1. The van der Waals surface area contributed by atoms with Crippen LogP contribution in [-0.2, 0) is 9.59 Å². The van der Waals surface area contributed by atoms with Gasteiger partial charge in [0, 0.05) is 22.8 Å². The molecule has 172 valence electrons. The second kappa shape index (κ2) is 10.5. The van der Waals surface area contributed by atoms with Crippen LogP contribution in [0, 0.1) is 5.92 Å². The van der Waals surface area contributed by atoms with E-state index in [-0.39, 0.29) is 23.5 Å². The number of nitrogens with zero attached hydrogens (tertiary/aromatic N) is 1. The summed E-state index contributed by atoms with van der Waals surface area (Å²) in [7, 11) is 1.58. The molecule has 2 aromatic carbocycles. The molecule has 1 aliphatic rings. The number of carboxylic acids is 1. The summed E-state index contributed by atoms with van der Waals surface area (Å²) < 4.78 is 11.5. The Morgan fingerprint density at radius 2 is 2.00 bits per heavy atom. The van der Waals surface area contributed by atoms with Gasteiger partial charge in [0.2, 0.25) is 5.91 Å². The third-order valence-corrected chi connectivity index (χ3v) is 6.82. The van der Waals surface area contributed by atoms with E-state index in [4.69, 9.17) is 21.1 Å². The predicted molar refractivity (Wildman–Crippen MR) is 128 cm³/mol. The minimum atomic E-state index is -1.02. The Balaban J connectivity index is 2.24. The number of aliphatic carboxylic acids is 1. The van der Waals surface area contributed by atoms with Gasteiger partial charge >= 0.3 is 5.97 Å². The summed E-state index contributed by atoms with van der Waals surface area (Å²) >= 11 is 7.70. The van der Waals surface area contributed by atoms with Crippen LogP contribution in [0.5, 0.6) is 11.5 Å². The van der Waals surface area contributed by atoms with Gasteiger partial charge in [0.15, 0.2) is 11.5 Å². The fourth-order valence-electron chi connectivity index (χ4n) is 3.88. The SMILES string of the molecule is CCOc1cccc([C@H]2S[C@H](CC(=O)O)C(=O)N(CC(C)C)c3ccc(Cl)cc32)c1OC.